The molecule has 0 atom stereocenters. The molecule has 0 aromatic heterocycles. The molecule has 0 radical (unpaired) electrons. The summed E-state index contributed by atoms with van der Waals surface area (Å²) in [6.45, 7) is 0. The Labute approximate surface area is 83.9 Å². The second kappa shape index (κ2) is 3.54. The lowest BCUT2D eigenvalue weighted by molar-refractivity contribution is -0.0448. The van der Waals surface area contributed by atoms with E-state index < -0.39 is 5.60 Å². The molecule has 1 aromatic rings. The molecule has 1 aromatic carbocycles. The fourth-order valence-corrected chi connectivity index (χ4v) is 1.87. The molecule has 1 aliphatic rings. The van der Waals surface area contributed by atoms with Crippen molar-refractivity contribution in [2.75, 3.05) is 7.11 Å². The largest absolute Gasteiger partial charge is 0.370 e. The van der Waals surface area contributed by atoms with E-state index in [0.29, 0.717) is 0 Å². The summed E-state index contributed by atoms with van der Waals surface area (Å²) in [6, 6.07) is 9.38. The van der Waals surface area contributed by atoms with E-state index in [1.165, 1.54) is 0 Å². The summed E-state index contributed by atoms with van der Waals surface area (Å²) in [5, 5.41) is 0. The van der Waals surface area contributed by atoms with Crippen molar-refractivity contribution in [1.82, 2.24) is 0 Å². The van der Waals surface area contributed by atoms with Crippen molar-refractivity contribution < 1.29 is 9.53 Å². The smallest absolute Gasteiger partial charge is 0.194 e. The highest BCUT2D eigenvalue weighted by Crippen LogP contribution is 2.37. The van der Waals surface area contributed by atoms with Gasteiger partial charge < -0.3 is 4.74 Å². The van der Waals surface area contributed by atoms with Crippen LogP contribution in [0.5, 0.6) is 0 Å². The van der Waals surface area contributed by atoms with Gasteiger partial charge in [0.25, 0.3) is 0 Å². The second-order valence-electron chi connectivity index (χ2n) is 3.75. The number of benzene rings is 1. The maximum atomic E-state index is 12.1. The van der Waals surface area contributed by atoms with E-state index in [4.69, 9.17) is 4.74 Å². The standard InChI is InChI=1S/C12H14O2/c1-14-12(8-5-9-12)11(13)10-6-3-2-4-7-10/h2-4,6-7H,5,8-9H2,1H3. The molecule has 1 saturated carbocycles. The maximum absolute atomic E-state index is 12.1. The molecule has 0 N–H and O–H groups in total. The Hall–Kier alpha value is -1.15. The highest BCUT2D eigenvalue weighted by molar-refractivity contribution is 6.03. The summed E-state index contributed by atoms with van der Waals surface area (Å²) in [4.78, 5) is 12.1. The van der Waals surface area contributed by atoms with Gasteiger partial charge in [0.1, 0.15) is 5.60 Å². The van der Waals surface area contributed by atoms with Gasteiger partial charge in [-0.2, -0.15) is 0 Å². The summed E-state index contributed by atoms with van der Waals surface area (Å²) < 4.78 is 5.34. The molecule has 0 unspecified atom stereocenters. The van der Waals surface area contributed by atoms with Gasteiger partial charge in [0, 0.05) is 12.7 Å². The molecule has 2 heteroatoms. The number of ether oxygens (including phenoxy) is 1. The maximum Gasteiger partial charge on any atom is 0.194 e. The molecule has 0 heterocycles. The highest BCUT2D eigenvalue weighted by atomic mass is 16.5. The van der Waals surface area contributed by atoms with E-state index in [-0.39, 0.29) is 5.78 Å². The van der Waals surface area contributed by atoms with Gasteiger partial charge >= 0.3 is 0 Å². The van der Waals surface area contributed by atoms with Crippen LogP contribution < -0.4 is 0 Å². The molecule has 0 aliphatic heterocycles. The Morgan fingerprint density at radius 1 is 1.29 bits per heavy atom. The van der Waals surface area contributed by atoms with Crippen LogP contribution >= 0.6 is 0 Å². The minimum Gasteiger partial charge on any atom is -0.370 e. The molecule has 0 saturated heterocycles. The van der Waals surface area contributed by atoms with Crippen molar-refractivity contribution >= 4 is 5.78 Å². The van der Waals surface area contributed by atoms with Crippen LogP contribution in [0.1, 0.15) is 29.6 Å². The lowest BCUT2D eigenvalue weighted by Crippen LogP contribution is -2.47. The first-order valence-corrected chi connectivity index (χ1v) is 4.93. The molecule has 0 spiro atoms. The van der Waals surface area contributed by atoms with Gasteiger partial charge in [-0.3, -0.25) is 4.79 Å². The number of hydrogen-bond acceptors (Lipinski definition) is 2. The number of carbonyl (C=O) groups is 1. The number of hydrogen-bond donors (Lipinski definition) is 0. The average molecular weight is 190 g/mol. The predicted octanol–water partition coefficient (Wildman–Crippen LogP) is 2.44. The summed E-state index contributed by atoms with van der Waals surface area (Å²) in [7, 11) is 1.62. The number of Topliss-reactive ketones (excluding diaryl/α,β-unsaturated/α-hetero) is 1. The van der Waals surface area contributed by atoms with Crippen LogP contribution in [0.15, 0.2) is 30.3 Å². The number of carbonyl (C=O) groups excluding carboxylic acids is 1. The van der Waals surface area contributed by atoms with Crippen molar-refractivity contribution in [3.8, 4) is 0 Å². The molecule has 2 nitrogen and oxygen atoms in total. The third-order valence-corrected chi connectivity index (χ3v) is 3.00. The number of ketones is 1. The van der Waals surface area contributed by atoms with Crippen LogP contribution in [0.2, 0.25) is 0 Å². The predicted molar refractivity (Wildman–Crippen MR) is 54.4 cm³/mol. The van der Waals surface area contributed by atoms with Crippen molar-refractivity contribution in [2.45, 2.75) is 24.9 Å². The van der Waals surface area contributed by atoms with Crippen LogP contribution in [-0.2, 0) is 4.74 Å². The third-order valence-electron chi connectivity index (χ3n) is 3.00. The van der Waals surface area contributed by atoms with Crippen LogP contribution in [0.4, 0.5) is 0 Å². The quantitative estimate of drug-likeness (QED) is 0.684. The number of rotatable bonds is 3. The zero-order chi connectivity index (χ0) is 10.0. The Bertz CT molecular complexity index is 320. The van der Waals surface area contributed by atoms with Gasteiger partial charge in [-0.05, 0) is 19.3 Å². The summed E-state index contributed by atoms with van der Waals surface area (Å²) >= 11 is 0. The van der Waals surface area contributed by atoms with Gasteiger partial charge in [-0.25, -0.2) is 0 Å². The molecule has 1 fully saturated rings. The molecule has 2 rings (SSSR count). The van der Waals surface area contributed by atoms with Gasteiger partial charge in [-0.15, -0.1) is 0 Å². The minimum atomic E-state index is -0.513. The molecule has 0 bridgehead atoms. The lowest BCUT2D eigenvalue weighted by atomic mass is 9.75. The third kappa shape index (κ3) is 1.36. The van der Waals surface area contributed by atoms with Crippen LogP contribution in [0, 0.1) is 0 Å². The minimum absolute atomic E-state index is 0.131. The Morgan fingerprint density at radius 3 is 2.36 bits per heavy atom. The molecule has 14 heavy (non-hydrogen) atoms. The number of methoxy groups -OCH3 is 1. The van der Waals surface area contributed by atoms with E-state index in [9.17, 15) is 4.79 Å². The van der Waals surface area contributed by atoms with E-state index in [1.54, 1.807) is 7.11 Å². The van der Waals surface area contributed by atoms with Gasteiger partial charge in [-0.1, -0.05) is 30.3 Å². The second-order valence-corrected chi connectivity index (χ2v) is 3.75. The van der Waals surface area contributed by atoms with E-state index in [2.05, 4.69) is 0 Å². The highest BCUT2D eigenvalue weighted by Gasteiger charge is 2.44. The summed E-state index contributed by atoms with van der Waals surface area (Å²) in [5.41, 5.74) is 0.246. The first-order valence-electron chi connectivity index (χ1n) is 4.93. The summed E-state index contributed by atoms with van der Waals surface area (Å²) in [6.07, 6.45) is 2.81. The van der Waals surface area contributed by atoms with Gasteiger partial charge in [0.15, 0.2) is 5.78 Å². The zero-order valence-corrected chi connectivity index (χ0v) is 8.32. The molecule has 0 amide bonds. The van der Waals surface area contributed by atoms with Gasteiger partial charge in [0.2, 0.25) is 0 Å². The van der Waals surface area contributed by atoms with Crippen molar-refractivity contribution in [3.05, 3.63) is 35.9 Å². The first-order chi connectivity index (χ1) is 6.78. The van der Waals surface area contributed by atoms with E-state index >= 15 is 0 Å². The molecule has 74 valence electrons. The summed E-state index contributed by atoms with van der Waals surface area (Å²) in [5.74, 6) is 0.131. The SMILES string of the molecule is COC1(C(=O)c2ccccc2)CCC1. The van der Waals surface area contributed by atoms with Crippen molar-refractivity contribution in [3.63, 3.8) is 0 Å². The van der Waals surface area contributed by atoms with Crippen molar-refractivity contribution in [1.29, 1.82) is 0 Å². The van der Waals surface area contributed by atoms with E-state index in [1.807, 2.05) is 30.3 Å². The topological polar surface area (TPSA) is 26.3 Å². The Balaban J connectivity index is 2.23. The van der Waals surface area contributed by atoms with Crippen LogP contribution in [0.25, 0.3) is 0 Å². The van der Waals surface area contributed by atoms with Crippen LogP contribution in [0.3, 0.4) is 0 Å². The molecular weight excluding hydrogens is 176 g/mol. The van der Waals surface area contributed by atoms with Gasteiger partial charge in [0.05, 0.1) is 0 Å². The Kier molecular flexibility index (Phi) is 2.38. The first kappa shape index (κ1) is 9.41. The normalized spacial score (nSPS) is 18.6. The molecular formula is C12H14O2. The zero-order valence-electron chi connectivity index (χ0n) is 8.32. The fourth-order valence-electron chi connectivity index (χ4n) is 1.87. The monoisotopic (exact) mass is 190 g/mol. The fraction of sp³-hybridized carbons (Fsp3) is 0.417. The lowest BCUT2D eigenvalue weighted by Gasteiger charge is -2.38. The average Bonchev–Trinajstić information content (AvgIpc) is 2.18. The molecule has 1 aliphatic carbocycles. The van der Waals surface area contributed by atoms with Crippen molar-refractivity contribution in [2.24, 2.45) is 0 Å². The van der Waals surface area contributed by atoms with E-state index in [0.717, 1.165) is 24.8 Å². The van der Waals surface area contributed by atoms with Crippen LogP contribution in [-0.4, -0.2) is 18.5 Å². The Morgan fingerprint density at radius 2 is 1.93 bits per heavy atom.